The summed E-state index contributed by atoms with van der Waals surface area (Å²) in [5.41, 5.74) is 3.17. The van der Waals surface area contributed by atoms with Crippen LogP contribution in [0.15, 0.2) is 54.6 Å². The Morgan fingerprint density at radius 3 is 2.55 bits per heavy atom. The fourth-order valence-electron chi connectivity index (χ4n) is 2.13. The Morgan fingerprint density at radius 2 is 1.90 bits per heavy atom. The van der Waals surface area contributed by atoms with Gasteiger partial charge >= 0.3 is 0 Å². The Kier molecular flexibility index (Phi) is 5.09. The minimum atomic E-state index is -1.03. The van der Waals surface area contributed by atoms with Gasteiger partial charge in [-0.05, 0) is 18.1 Å². The molecule has 0 aliphatic rings. The molecule has 102 valence electrons. The maximum Gasteiger partial charge on any atom is 0.0827 e. The molecule has 2 aromatic rings. The second-order valence-electron chi connectivity index (χ2n) is 4.83. The van der Waals surface area contributed by atoms with E-state index in [1.165, 1.54) is 5.56 Å². The monoisotopic (exact) mass is 283 g/mol. The van der Waals surface area contributed by atoms with E-state index >= 15 is 0 Å². The van der Waals surface area contributed by atoms with Gasteiger partial charge in [0.25, 0.3) is 0 Å². The molecule has 2 aromatic carbocycles. The normalized spacial score (nSPS) is 13.4. The van der Waals surface area contributed by atoms with E-state index in [0.29, 0.717) is 11.5 Å². The highest BCUT2D eigenvalue weighted by molar-refractivity contribution is 7.84. The lowest BCUT2D eigenvalue weighted by molar-refractivity contribution is 0.680. The van der Waals surface area contributed by atoms with Gasteiger partial charge in [0.15, 0.2) is 0 Å². The molecule has 0 radical (unpaired) electrons. The van der Waals surface area contributed by atoms with Gasteiger partial charge in [0.2, 0.25) is 0 Å². The minimum Gasteiger partial charge on any atom is -0.259 e. The zero-order valence-corrected chi connectivity index (χ0v) is 12.3. The van der Waals surface area contributed by atoms with Crippen molar-refractivity contribution < 1.29 is 4.21 Å². The molecule has 0 aliphatic heterocycles. The molecule has 0 spiro atoms. The third-order valence-electron chi connectivity index (χ3n) is 3.12. The van der Waals surface area contributed by atoms with Gasteiger partial charge in [-0.2, -0.15) is 5.26 Å². The average Bonchev–Trinajstić information content (AvgIpc) is 2.45. The van der Waals surface area contributed by atoms with E-state index in [1.54, 1.807) is 0 Å². The topological polar surface area (TPSA) is 40.9 Å². The van der Waals surface area contributed by atoms with E-state index in [2.05, 4.69) is 6.07 Å². The van der Waals surface area contributed by atoms with Gasteiger partial charge in [-0.15, -0.1) is 0 Å². The number of benzene rings is 2. The summed E-state index contributed by atoms with van der Waals surface area (Å²) in [7, 11) is -1.03. The van der Waals surface area contributed by atoms with Gasteiger partial charge in [0.05, 0.1) is 12.0 Å². The highest BCUT2D eigenvalue weighted by atomic mass is 32.2. The Labute approximate surface area is 122 Å². The van der Waals surface area contributed by atoms with Crippen LogP contribution in [0.3, 0.4) is 0 Å². The zero-order valence-electron chi connectivity index (χ0n) is 11.5. The first-order chi connectivity index (χ1) is 9.69. The maximum atomic E-state index is 12.2. The Bertz CT molecular complexity index is 631. The first-order valence-corrected chi connectivity index (χ1v) is 8.03. The largest absolute Gasteiger partial charge is 0.259 e. The second kappa shape index (κ2) is 7.02. The van der Waals surface area contributed by atoms with Crippen LogP contribution in [0.25, 0.3) is 0 Å². The summed E-state index contributed by atoms with van der Waals surface area (Å²) < 4.78 is 12.2. The maximum absolute atomic E-state index is 12.2. The number of nitriles is 1. The Hall–Kier alpha value is -1.92. The van der Waals surface area contributed by atoms with Crippen molar-refractivity contribution in [2.24, 2.45) is 0 Å². The number of aryl methyl sites for hydroxylation is 1. The van der Waals surface area contributed by atoms with Crippen molar-refractivity contribution in [3.63, 3.8) is 0 Å². The average molecular weight is 283 g/mol. The van der Waals surface area contributed by atoms with Crippen molar-refractivity contribution >= 4 is 10.8 Å². The summed E-state index contributed by atoms with van der Waals surface area (Å²) in [5, 5.41) is 9.25. The summed E-state index contributed by atoms with van der Waals surface area (Å²) in [6, 6.07) is 19.8. The van der Waals surface area contributed by atoms with Gasteiger partial charge in [0, 0.05) is 22.3 Å². The van der Waals surface area contributed by atoms with Crippen molar-refractivity contribution in [1.29, 1.82) is 5.26 Å². The number of nitrogens with zero attached hydrogens (tertiary/aromatic N) is 1. The van der Waals surface area contributed by atoms with Gasteiger partial charge < -0.3 is 0 Å². The minimum absolute atomic E-state index is 0.304. The fourth-order valence-corrected chi connectivity index (χ4v) is 3.43. The molecule has 0 saturated heterocycles. The lowest BCUT2D eigenvalue weighted by Crippen LogP contribution is -2.09. The van der Waals surface area contributed by atoms with Gasteiger partial charge in [0.1, 0.15) is 0 Å². The van der Waals surface area contributed by atoms with Crippen molar-refractivity contribution in [2.75, 3.05) is 5.75 Å². The van der Waals surface area contributed by atoms with Crippen LogP contribution in [-0.2, 0) is 16.6 Å². The van der Waals surface area contributed by atoms with Crippen LogP contribution in [0.5, 0.6) is 0 Å². The molecule has 0 heterocycles. The van der Waals surface area contributed by atoms with E-state index in [-0.39, 0.29) is 5.92 Å². The molecule has 0 N–H and O–H groups in total. The van der Waals surface area contributed by atoms with E-state index in [4.69, 9.17) is 0 Å². The molecule has 0 bridgehead atoms. The molecule has 0 saturated carbocycles. The molecule has 2 nitrogen and oxygen atoms in total. The van der Waals surface area contributed by atoms with Crippen molar-refractivity contribution in [3.05, 3.63) is 71.3 Å². The SMILES string of the molecule is Cc1cccc(CS(=O)CC(C#N)c2ccccc2)c1. The summed E-state index contributed by atoms with van der Waals surface area (Å²) in [6.45, 7) is 2.02. The number of rotatable bonds is 5. The Balaban J connectivity index is 2.02. The number of hydrogen-bond acceptors (Lipinski definition) is 2. The molecule has 2 atom stereocenters. The molecule has 0 amide bonds. The van der Waals surface area contributed by atoms with Crippen LogP contribution in [0.4, 0.5) is 0 Å². The molecule has 0 aliphatic carbocycles. The molecular weight excluding hydrogens is 266 g/mol. The molecule has 0 fully saturated rings. The third kappa shape index (κ3) is 4.04. The zero-order chi connectivity index (χ0) is 14.4. The van der Waals surface area contributed by atoms with E-state index in [9.17, 15) is 9.47 Å². The lowest BCUT2D eigenvalue weighted by atomic mass is 10.0. The highest BCUT2D eigenvalue weighted by Gasteiger charge is 2.14. The molecule has 20 heavy (non-hydrogen) atoms. The summed E-state index contributed by atoms with van der Waals surface area (Å²) in [5.74, 6) is 0.586. The summed E-state index contributed by atoms with van der Waals surface area (Å²) in [6.07, 6.45) is 0. The van der Waals surface area contributed by atoms with Crippen LogP contribution >= 0.6 is 0 Å². The second-order valence-corrected chi connectivity index (χ2v) is 6.33. The lowest BCUT2D eigenvalue weighted by Gasteiger charge is -2.09. The standard InChI is InChI=1S/C17H17NOS/c1-14-6-5-7-15(10-14)12-20(19)13-17(11-18)16-8-3-2-4-9-16/h2-10,17H,12-13H2,1H3. The molecule has 0 aromatic heterocycles. The van der Waals surface area contributed by atoms with Crippen LogP contribution in [0.2, 0.25) is 0 Å². The smallest absolute Gasteiger partial charge is 0.0827 e. The van der Waals surface area contributed by atoms with E-state index < -0.39 is 10.8 Å². The van der Waals surface area contributed by atoms with Crippen LogP contribution < -0.4 is 0 Å². The number of hydrogen-bond donors (Lipinski definition) is 0. The summed E-state index contributed by atoms with van der Waals surface area (Å²) >= 11 is 0. The highest BCUT2D eigenvalue weighted by Crippen LogP contribution is 2.17. The first-order valence-electron chi connectivity index (χ1n) is 6.54. The van der Waals surface area contributed by atoms with E-state index in [1.807, 2.05) is 61.5 Å². The van der Waals surface area contributed by atoms with Crippen molar-refractivity contribution in [3.8, 4) is 6.07 Å². The quantitative estimate of drug-likeness (QED) is 0.842. The summed E-state index contributed by atoms with van der Waals surface area (Å²) in [4.78, 5) is 0. The predicted octanol–water partition coefficient (Wildman–Crippen LogP) is 3.55. The molecular formula is C17H17NOS. The molecule has 3 heteroatoms. The van der Waals surface area contributed by atoms with E-state index in [0.717, 1.165) is 11.1 Å². The molecule has 2 unspecified atom stereocenters. The fraction of sp³-hybridized carbons (Fsp3) is 0.235. The van der Waals surface area contributed by atoms with Crippen LogP contribution in [0.1, 0.15) is 22.6 Å². The van der Waals surface area contributed by atoms with Crippen LogP contribution in [0, 0.1) is 18.3 Å². The van der Waals surface area contributed by atoms with Gasteiger partial charge in [-0.25, -0.2) is 0 Å². The molecule has 2 rings (SSSR count). The van der Waals surface area contributed by atoms with Crippen molar-refractivity contribution in [2.45, 2.75) is 18.6 Å². The van der Waals surface area contributed by atoms with Gasteiger partial charge in [-0.3, -0.25) is 4.21 Å². The predicted molar refractivity (Wildman–Crippen MR) is 82.7 cm³/mol. The van der Waals surface area contributed by atoms with Crippen molar-refractivity contribution in [1.82, 2.24) is 0 Å². The Morgan fingerprint density at radius 1 is 1.15 bits per heavy atom. The van der Waals surface area contributed by atoms with Crippen LogP contribution in [-0.4, -0.2) is 9.96 Å². The first kappa shape index (κ1) is 14.5. The van der Waals surface area contributed by atoms with Gasteiger partial charge in [-0.1, -0.05) is 60.2 Å². The third-order valence-corrected chi connectivity index (χ3v) is 4.48.